The summed E-state index contributed by atoms with van der Waals surface area (Å²) in [5.41, 5.74) is 0.888. The van der Waals surface area contributed by atoms with Gasteiger partial charge in [-0.15, -0.1) is 0 Å². The van der Waals surface area contributed by atoms with Gasteiger partial charge in [0.15, 0.2) is 0 Å². The van der Waals surface area contributed by atoms with Gasteiger partial charge in [-0.1, -0.05) is 0 Å². The Kier molecular flexibility index (Phi) is 4.28. The smallest absolute Gasteiger partial charge is 0.331 e. The van der Waals surface area contributed by atoms with Crippen LogP contribution in [-0.2, 0) is 21.3 Å². The lowest BCUT2D eigenvalue weighted by Crippen LogP contribution is -2.14. The molecule has 6 heteroatoms. The van der Waals surface area contributed by atoms with E-state index in [-0.39, 0.29) is 18.7 Å². The van der Waals surface area contributed by atoms with E-state index in [1.54, 1.807) is 10.9 Å². The monoisotopic (exact) mass is 276 g/mol. The summed E-state index contributed by atoms with van der Waals surface area (Å²) in [5, 5.41) is 4.06. The first-order chi connectivity index (χ1) is 7.06. The Balaban J connectivity index is 2.61. The number of carbonyl (C=O) groups is 1. The second kappa shape index (κ2) is 5.27. The molecule has 5 nitrogen and oxygen atoms in total. The summed E-state index contributed by atoms with van der Waals surface area (Å²) >= 11 is 3.36. The van der Waals surface area contributed by atoms with E-state index in [0.717, 1.165) is 10.2 Å². The van der Waals surface area contributed by atoms with Gasteiger partial charge in [-0.3, -0.25) is 4.68 Å². The molecular formula is C9H13BrN2O3. The molecule has 15 heavy (non-hydrogen) atoms. The van der Waals surface area contributed by atoms with Crippen LogP contribution < -0.4 is 0 Å². The second-order valence-electron chi connectivity index (χ2n) is 3.03. The van der Waals surface area contributed by atoms with Crippen molar-refractivity contribution >= 4 is 21.9 Å². The van der Waals surface area contributed by atoms with Gasteiger partial charge in [0, 0.05) is 7.05 Å². The van der Waals surface area contributed by atoms with Crippen LogP contribution in [0.5, 0.6) is 0 Å². The Bertz CT molecular complexity index is 332. The third-order valence-corrected chi connectivity index (χ3v) is 2.61. The summed E-state index contributed by atoms with van der Waals surface area (Å²) in [7, 11) is 3.15. The van der Waals surface area contributed by atoms with Gasteiger partial charge in [-0.05, 0) is 22.9 Å². The van der Waals surface area contributed by atoms with E-state index in [4.69, 9.17) is 4.74 Å². The first-order valence-corrected chi connectivity index (χ1v) is 5.21. The highest BCUT2D eigenvalue weighted by atomic mass is 79.9. The lowest BCUT2D eigenvalue weighted by atomic mass is 10.3. The molecule has 84 valence electrons. The highest BCUT2D eigenvalue weighted by Crippen LogP contribution is 2.24. The Morgan fingerprint density at radius 3 is 2.87 bits per heavy atom. The van der Waals surface area contributed by atoms with Crippen molar-refractivity contribution in [3.63, 3.8) is 0 Å². The standard InChI is InChI=1S/C9H13BrN2O3/c1-6(15-5-8(13)14-3)9-7(10)4-11-12(9)2/h4,6H,5H2,1-3H3. The molecule has 0 amide bonds. The summed E-state index contributed by atoms with van der Waals surface area (Å²) < 4.78 is 12.4. The molecule has 0 spiro atoms. The number of nitrogens with zero attached hydrogens (tertiary/aromatic N) is 2. The molecule has 0 aliphatic rings. The summed E-state index contributed by atoms with van der Waals surface area (Å²) in [4.78, 5) is 10.9. The Labute approximate surface area is 96.5 Å². The summed E-state index contributed by atoms with van der Waals surface area (Å²) in [6, 6.07) is 0. The van der Waals surface area contributed by atoms with Crippen molar-refractivity contribution in [1.82, 2.24) is 9.78 Å². The largest absolute Gasteiger partial charge is 0.467 e. The molecule has 1 atom stereocenters. The molecular weight excluding hydrogens is 264 g/mol. The van der Waals surface area contributed by atoms with Gasteiger partial charge >= 0.3 is 5.97 Å². The number of rotatable bonds is 4. The minimum Gasteiger partial charge on any atom is -0.467 e. The lowest BCUT2D eigenvalue weighted by molar-refractivity contribution is -0.147. The van der Waals surface area contributed by atoms with Crippen molar-refractivity contribution in [3.05, 3.63) is 16.4 Å². The van der Waals surface area contributed by atoms with Crippen LogP contribution in [0.25, 0.3) is 0 Å². The molecule has 0 aliphatic carbocycles. The zero-order valence-electron chi connectivity index (χ0n) is 8.86. The average Bonchev–Trinajstić information content (AvgIpc) is 2.54. The quantitative estimate of drug-likeness (QED) is 0.781. The van der Waals surface area contributed by atoms with E-state index < -0.39 is 0 Å². The molecule has 0 aromatic carbocycles. The zero-order valence-corrected chi connectivity index (χ0v) is 10.4. The topological polar surface area (TPSA) is 53.4 Å². The number of esters is 1. The van der Waals surface area contributed by atoms with Crippen molar-refractivity contribution in [2.24, 2.45) is 7.05 Å². The van der Waals surface area contributed by atoms with Crippen molar-refractivity contribution in [2.45, 2.75) is 13.0 Å². The number of aryl methyl sites for hydroxylation is 1. The fourth-order valence-electron chi connectivity index (χ4n) is 1.21. The fraction of sp³-hybridized carbons (Fsp3) is 0.556. The van der Waals surface area contributed by atoms with Crippen LogP contribution in [-0.4, -0.2) is 29.5 Å². The maximum absolute atomic E-state index is 10.9. The van der Waals surface area contributed by atoms with E-state index >= 15 is 0 Å². The number of hydrogen-bond donors (Lipinski definition) is 0. The average molecular weight is 277 g/mol. The molecule has 1 aromatic rings. The number of halogens is 1. The molecule has 0 saturated heterocycles. The minimum atomic E-state index is -0.389. The zero-order chi connectivity index (χ0) is 11.4. The third kappa shape index (κ3) is 3.04. The molecule has 1 unspecified atom stereocenters. The van der Waals surface area contributed by atoms with Crippen LogP contribution in [0.15, 0.2) is 10.7 Å². The summed E-state index contributed by atoms with van der Waals surface area (Å²) in [6.07, 6.45) is 1.47. The first-order valence-electron chi connectivity index (χ1n) is 4.42. The van der Waals surface area contributed by atoms with Crippen molar-refractivity contribution in [1.29, 1.82) is 0 Å². The van der Waals surface area contributed by atoms with Gasteiger partial charge in [0.25, 0.3) is 0 Å². The molecule has 0 bridgehead atoms. The number of carbonyl (C=O) groups excluding carboxylic acids is 1. The van der Waals surface area contributed by atoms with E-state index in [0.29, 0.717) is 0 Å². The SMILES string of the molecule is COC(=O)COC(C)c1c(Br)cnn1C. The van der Waals surface area contributed by atoms with Crippen molar-refractivity contribution in [3.8, 4) is 0 Å². The van der Waals surface area contributed by atoms with Crippen LogP contribution in [0, 0.1) is 0 Å². The summed E-state index contributed by atoms with van der Waals surface area (Å²) in [5.74, 6) is -0.389. The normalized spacial score (nSPS) is 12.5. The van der Waals surface area contributed by atoms with Gasteiger partial charge in [0.05, 0.1) is 29.6 Å². The molecule has 0 N–H and O–H groups in total. The number of aromatic nitrogens is 2. The van der Waals surface area contributed by atoms with E-state index in [9.17, 15) is 4.79 Å². The van der Waals surface area contributed by atoms with Gasteiger partial charge in [-0.25, -0.2) is 4.79 Å². The van der Waals surface area contributed by atoms with Crippen LogP contribution in [0.3, 0.4) is 0 Å². The number of methoxy groups -OCH3 is 1. The van der Waals surface area contributed by atoms with Crippen LogP contribution in [0.1, 0.15) is 18.7 Å². The van der Waals surface area contributed by atoms with Crippen LogP contribution in [0.2, 0.25) is 0 Å². The number of hydrogen-bond acceptors (Lipinski definition) is 4. The molecule has 1 aromatic heterocycles. The van der Waals surface area contributed by atoms with E-state index in [1.807, 2.05) is 14.0 Å². The van der Waals surface area contributed by atoms with Gasteiger partial charge in [0.1, 0.15) is 6.61 Å². The molecule has 0 aliphatic heterocycles. The third-order valence-electron chi connectivity index (χ3n) is 2.00. The van der Waals surface area contributed by atoms with Gasteiger partial charge in [0.2, 0.25) is 0 Å². The van der Waals surface area contributed by atoms with Crippen LogP contribution in [0.4, 0.5) is 0 Å². The predicted molar refractivity (Wildman–Crippen MR) is 57.3 cm³/mol. The maximum atomic E-state index is 10.9. The lowest BCUT2D eigenvalue weighted by Gasteiger charge is -2.13. The van der Waals surface area contributed by atoms with Crippen molar-refractivity contribution < 1.29 is 14.3 Å². The molecule has 0 radical (unpaired) electrons. The van der Waals surface area contributed by atoms with E-state index in [2.05, 4.69) is 25.8 Å². The Hall–Kier alpha value is -0.880. The minimum absolute atomic E-state index is 0.0602. The van der Waals surface area contributed by atoms with E-state index in [1.165, 1.54) is 7.11 Å². The second-order valence-corrected chi connectivity index (χ2v) is 3.89. The summed E-state index contributed by atoms with van der Waals surface area (Å²) in [6.45, 7) is 1.79. The fourth-order valence-corrected chi connectivity index (χ4v) is 1.88. The number of ether oxygens (including phenoxy) is 2. The molecule has 1 rings (SSSR count). The molecule has 1 heterocycles. The highest BCUT2D eigenvalue weighted by molar-refractivity contribution is 9.10. The Morgan fingerprint density at radius 1 is 1.73 bits per heavy atom. The molecule has 0 saturated carbocycles. The van der Waals surface area contributed by atoms with Crippen molar-refractivity contribution in [2.75, 3.05) is 13.7 Å². The first kappa shape index (κ1) is 12.2. The predicted octanol–water partition coefficient (Wildman–Crippen LogP) is 1.43. The van der Waals surface area contributed by atoms with Gasteiger partial charge in [-0.2, -0.15) is 5.10 Å². The van der Waals surface area contributed by atoms with Crippen LogP contribution >= 0.6 is 15.9 Å². The Morgan fingerprint density at radius 2 is 2.40 bits per heavy atom. The maximum Gasteiger partial charge on any atom is 0.331 e. The highest BCUT2D eigenvalue weighted by Gasteiger charge is 2.16. The molecule has 0 fully saturated rings. The van der Waals surface area contributed by atoms with Gasteiger partial charge < -0.3 is 9.47 Å².